The van der Waals surface area contributed by atoms with Crippen molar-refractivity contribution < 1.29 is 22.7 Å². The molecule has 1 N–H and O–H groups in total. The number of benzene rings is 1. The van der Waals surface area contributed by atoms with Crippen LogP contribution in [-0.2, 0) is 14.8 Å². The topological polar surface area (TPSA) is 92.8 Å². The summed E-state index contributed by atoms with van der Waals surface area (Å²) in [6.07, 6.45) is 4.05. The monoisotopic (exact) mass is 426 g/mol. The van der Waals surface area contributed by atoms with E-state index in [4.69, 9.17) is 4.74 Å². The zero-order valence-electron chi connectivity index (χ0n) is 17.8. The summed E-state index contributed by atoms with van der Waals surface area (Å²) in [4.78, 5) is 24.1. The van der Waals surface area contributed by atoms with E-state index >= 15 is 0 Å². The van der Waals surface area contributed by atoms with Gasteiger partial charge in [0.2, 0.25) is 15.9 Å². The molecule has 0 aromatic heterocycles. The van der Waals surface area contributed by atoms with Crippen LogP contribution in [0.3, 0.4) is 0 Å². The Morgan fingerprint density at radius 1 is 1.03 bits per heavy atom. The Hall–Kier alpha value is -1.93. The highest BCUT2D eigenvalue weighted by Crippen LogP contribution is 2.14. The van der Waals surface area contributed by atoms with Crippen LogP contribution < -0.4 is 10.1 Å². The van der Waals surface area contributed by atoms with Crippen LogP contribution in [0.25, 0.3) is 0 Å². The fourth-order valence-corrected chi connectivity index (χ4v) is 3.48. The van der Waals surface area contributed by atoms with Crippen molar-refractivity contribution >= 4 is 21.7 Å². The third kappa shape index (κ3) is 9.89. The van der Waals surface area contributed by atoms with Gasteiger partial charge in [0, 0.05) is 38.5 Å². The highest BCUT2D eigenvalue weighted by Gasteiger charge is 2.14. The summed E-state index contributed by atoms with van der Waals surface area (Å²) >= 11 is 0. The highest BCUT2D eigenvalue weighted by molar-refractivity contribution is 7.89. The van der Waals surface area contributed by atoms with Crippen LogP contribution in [0, 0.1) is 0 Å². The zero-order valence-corrected chi connectivity index (χ0v) is 18.6. The summed E-state index contributed by atoms with van der Waals surface area (Å²) in [5.74, 6) is 0.497. The summed E-state index contributed by atoms with van der Waals surface area (Å²) in [6.45, 7) is 5.13. The van der Waals surface area contributed by atoms with E-state index in [2.05, 4.69) is 12.2 Å². The van der Waals surface area contributed by atoms with Gasteiger partial charge in [-0.1, -0.05) is 19.8 Å². The molecule has 1 aromatic rings. The first-order chi connectivity index (χ1) is 13.8. The highest BCUT2D eigenvalue weighted by atomic mass is 32.2. The second kappa shape index (κ2) is 13.3. The van der Waals surface area contributed by atoms with Crippen molar-refractivity contribution in [1.29, 1.82) is 0 Å². The third-order valence-electron chi connectivity index (χ3n) is 4.58. The number of rotatable bonds is 15. The maximum absolute atomic E-state index is 12.2. The van der Waals surface area contributed by atoms with E-state index < -0.39 is 10.0 Å². The Bertz CT molecular complexity index is 732. The molecule has 0 bridgehead atoms. The minimum Gasteiger partial charge on any atom is -0.494 e. The van der Waals surface area contributed by atoms with Gasteiger partial charge in [-0.2, -0.15) is 0 Å². The van der Waals surface area contributed by atoms with Crippen molar-refractivity contribution in [2.24, 2.45) is 0 Å². The molecule has 164 valence electrons. The molecule has 29 heavy (non-hydrogen) atoms. The van der Waals surface area contributed by atoms with Crippen LogP contribution in [0.2, 0.25) is 0 Å². The molecule has 1 amide bonds. The van der Waals surface area contributed by atoms with Crippen molar-refractivity contribution in [2.45, 2.75) is 52.4 Å². The normalized spacial score (nSPS) is 11.4. The van der Waals surface area contributed by atoms with E-state index in [1.807, 2.05) is 0 Å². The van der Waals surface area contributed by atoms with E-state index in [9.17, 15) is 18.0 Å². The molecule has 0 fully saturated rings. The molecule has 0 atom stereocenters. The molecule has 0 aliphatic carbocycles. The van der Waals surface area contributed by atoms with E-state index in [-0.39, 0.29) is 30.3 Å². The predicted molar refractivity (Wildman–Crippen MR) is 115 cm³/mol. The smallest absolute Gasteiger partial charge is 0.220 e. The van der Waals surface area contributed by atoms with Gasteiger partial charge < -0.3 is 10.1 Å². The molecule has 0 aliphatic rings. The number of carbonyl (C=O) groups excluding carboxylic acids is 2. The largest absolute Gasteiger partial charge is 0.494 e. The third-order valence-corrected chi connectivity index (χ3v) is 6.45. The first-order valence-electron chi connectivity index (χ1n) is 10.3. The summed E-state index contributed by atoms with van der Waals surface area (Å²) in [5.41, 5.74) is 0.560. The fraction of sp³-hybridized carbons (Fsp3) is 0.619. The predicted octanol–water partition coefficient (Wildman–Crippen LogP) is 3.01. The van der Waals surface area contributed by atoms with Crippen molar-refractivity contribution in [3.63, 3.8) is 0 Å². The number of sulfonamides is 1. The number of Topliss-reactive ketones (excluding diaryl/α,β-unsaturated/α-hetero) is 1. The van der Waals surface area contributed by atoms with E-state index in [1.165, 1.54) is 11.4 Å². The Balaban J connectivity index is 2.27. The maximum atomic E-state index is 12.2. The quantitative estimate of drug-likeness (QED) is 0.344. The maximum Gasteiger partial charge on any atom is 0.220 e. The zero-order chi connectivity index (χ0) is 21.7. The van der Waals surface area contributed by atoms with Gasteiger partial charge in [0.15, 0.2) is 5.78 Å². The molecule has 8 heteroatoms. The van der Waals surface area contributed by atoms with Gasteiger partial charge in [0.1, 0.15) is 5.75 Å². The van der Waals surface area contributed by atoms with Gasteiger partial charge in [0.25, 0.3) is 0 Å². The number of ketones is 1. The summed E-state index contributed by atoms with van der Waals surface area (Å²) in [5, 5.41) is 2.72. The molecular weight excluding hydrogens is 392 g/mol. The van der Waals surface area contributed by atoms with Crippen LogP contribution in [0.4, 0.5) is 0 Å². The van der Waals surface area contributed by atoms with Crippen molar-refractivity contribution in [3.05, 3.63) is 29.8 Å². The van der Waals surface area contributed by atoms with Gasteiger partial charge in [-0.05, 0) is 44.0 Å². The van der Waals surface area contributed by atoms with Crippen LogP contribution in [-0.4, -0.2) is 56.9 Å². The van der Waals surface area contributed by atoms with E-state index in [1.54, 1.807) is 31.2 Å². The van der Waals surface area contributed by atoms with Gasteiger partial charge in [-0.3, -0.25) is 9.59 Å². The van der Waals surface area contributed by atoms with Crippen LogP contribution in [0.1, 0.15) is 62.7 Å². The van der Waals surface area contributed by atoms with Crippen molar-refractivity contribution in [1.82, 2.24) is 9.62 Å². The van der Waals surface area contributed by atoms with Crippen LogP contribution in [0.5, 0.6) is 5.75 Å². The number of unbranched alkanes of at least 4 members (excludes halogenated alkanes) is 2. The van der Waals surface area contributed by atoms with E-state index in [0.29, 0.717) is 31.7 Å². The number of carbonyl (C=O) groups is 2. The average molecular weight is 427 g/mol. The number of nitrogens with zero attached hydrogens (tertiary/aromatic N) is 1. The molecule has 1 aromatic carbocycles. The van der Waals surface area contributed by atoms with Gasteiger partial charge >= 0.3 is 0 Å². The first-order valence-corrected chi connectivity index (χ1v) is 11.9. The Labute approximate surface area is 174 Å². The van der Waals surface area contributed by atoms with Gasteiger partial charge in [0.05, 0.1) is 12.4 Å². The molecule has 0 heterocycles. The molecule has 0 spiro atoms. The lowest BCUT2D eigenvalue weighted by Gasteiger charge is -2.15. The standard InChI is InChI=1S/C21H34N2O5S/c1-4-6-7-17-28-19-11-9-18(10-12-19)20(24)13-14-21(25)22-15-8-16-23(3)29(26,27)5-2/h9-12H,4-8,13-17H2,1-3H3,(H,22,25). The molecule has 7 nitrogen and oxygen atoms in total. The number of hydrogen-bond donors (Lipinski definition) is 1. The second-order valence-electron chi connectivity index (χ2n) is 6.93. The lowest BCUT2D eigenvalue weighted by atomic mass is 10.1. The molecule has 0 unspecified atom stereocenters. The summed E-state index contributed by atoms with van der Waals surface area (Å²) in [7, 11) is -1.67. The Morgan fingerprint density at radius 2 is 1.72 bits per heavy atom. The van der Waals surface area contributed by atoms with Crippen LogP contribution >= 0.6 is 0 Å². The fourth-order valence-electron chi connectivity index (χ4n) is 2.63. The molecule has 1 rings (SSSR count). The lowest BCUT2D eigenvalue weighted by molar-refractivity contribution is -0.121. The number of amides is 1. The molecule has 0 radical (unpaired) electrons. The minimum absolute atomic E-state index is 0.0595. The minimum atomic E-state index is -3.20. The molecule has 0 saturated carbocycles. The average Bonchev–Trinajstić information content (AvgIpc) is 2.72. The molecule has 0 aliphatic heterocycles. The number of ether oxygens (including phenoxy) is 1. The summed E-state index contributed by atoms with van der Waals surface area (Å²) < 4.78 is 30.2. The van der Waals surface area contributed by atoms with E-state index in [0.717, 1.165) is 25.0 Å². The molecular formula is C21H34N2O5S. The van der Waals surface area contributed by atoms with Crippen molar-refractivity contribution in [2.75, 3.05) is 32.5 Å². The lowest BCUT2D eigenvalue weighted by Crippen LogP contribution is -2.32. The number of hydrogen-bond acceptors (Lipinski definition) is 5. The SMILES string of the molecule is CCCCCOc1ccc(C(=O)CCC(=O)NCCCN(C)S(=O)(=O)CC)cc1. The first kappa shape index (κ1) is 25.1. The second-order valence-corrected chi connectivity index (χ2v) is 9.29. The van der Waals surface area contributed by atoms with Gasteiger partial charge in [-0.25, -0.2) is 12.7 Å². The Morgan fingerprint density at radius 3 is 2.34 bits per heavy atom. The molecule has 0 saturated heterocycles. The Kier molecular flexibility index (Phi) is 11.5. The van der Waals surface area contributed by atoms with Gasteiger partial charge in [-0.15, -0.1) is 0 Å². The number of nitrogens with one attached hydrogen (secondary N) is 1. The van der Waals surface area contributed by atoms with Crippen molar-refractivity contribution in [3.8, 4) is 5.75 Å². The summed E-state index contributed by atoms with van der Waals surface area (Å²) in [6, 6.07) is 7.00. The van der Waals surface area contributed by atoms with Crippen LogP contribution in [0.15, 0.2) is 24.3 Å².